The highest BCUT2D eigenvalue weighted by Crippen LogP contribution is 2.17. The summed E-state index contributed by atoms with van der Waals surface area (Å²) in [5.41, 5.74) is 1.43. The summed E-state index contributed by atoms with van der Waals surface area (Å²) in [4.78, 5) is 7.96. The lowest BCUT2D eigenvalue weighted by Gasteiger charge is -2.18. The van der Waals surface area contributed by atoms with Crippen molar-refractivity contribution in [2.45, 2.75) is 26.3 Å². The first kappa shape index (κ1) is 8.10. The van der Waals surface area contributed by atoms with Crippen LogP contribution in [0.5, 0.6) is 0 Å². The van der Waals surface area contributed by atoms with Crippen molar-refractivity contribution in [2.24, 2.45) is 0 Å². The lowest BCUT2D eigenvalue weighted by Crippen LogP contribution is -2.23. The summed E-state index contributed by atoms with van der Waals surface area (Å²) in [6.07, 6.45) is 3.21. The maximum atomic E-state index is 4.03. The average Bonchev–Trinajstić information content (AvgIpc) is 2.45. The molecule has 2 aromatic rings. The summed E-state index contributed by atoms with van der Waals surface area (Å²) in [5, 5.41) is 7.98. The molecule has 0 aliphatic heterocycles. The fraction of sp³-hybridized carbons (Fsp3) is 0.500. The second-order valence-corrected chi connectivity index (χ2v) is 3.90. The van der Waals surface area contributed by atoms with Crippen LogP contribution in [0.4, 0.5) is 0 Å². The monoisotopic (exact) mass is 177 g/mol. The molecule has 0 fully saturated rings. The first-order valence-corrected chi connectivity index (χ1v) is 4.11. The topological polar surface area (TPSA) is 56.5 Å². The van der Waals surface area contributed by atoms with Crippen LogP contribution in [0.25, 0.3) is 11.2 Å². The maximum Gasteiger partial charge on any atom is 0.204 e. The van der Waals surface area contributed by atoms with Gasteiger partial charge in [-0.1, -0.05) is 5.21 Å². The Morgan fingerprint density at radius 3 is 2.77 bits per heavy atom. The Kier molecular flexibility index (Phi) is 1.55. The van der Waals surface area contributed by atoms with E-state index in [1.807, 2.05) is 4.68 Å². The average molecular weight is 177 g/mol. The van der Waals surface area contributed by atoms with E-state index in [-0.39, 0.29) is 5.54 Å². The third kappa shape index (κ3) is 1.26. The largest absolute Gasteiger partial charge is 0.242 e. The Morgan fingerprint density at radius 1 is 1.31 bits per heavy atom. The van der Waals surface area contributed by atoms with Crippen molar-refractivity contribution < 1.29 is 0 Å². The molecule has 0 spiro atoms. The van der Waals surface area contributed by atoms with E-state index in [4.69, 9.17) is 0 Å². The molecule has 0 unspecified atom stereocenters. The summed E-state index contributed by atoms with van der Waals surface area (Å²) >= 11 is 0. The normalized spacial score (nSPS) is 12.2. The third-order valence-corrected chi connectivity index (χ3v) is 1.77. The molecule has 0 N–H and O–H groups in total. The van der Waals surface area contributed by atoms with E-state index in [0.717, 1.165) is 5.52 Å². The van der Waals surface area contributed by atoms with Gasteiger partial charge >= 0.3 is 0 Å². The number of fused-ring (bicyclic) bond motifs is 1. The van der Waals surface area contributed by atoms with Crippen LogP contribution in [0.1, 0.15) is 20.8 Å². The van der Waals surface area contributed by atoms with Crippen molar-refractivity contribution in [3.8, 4) is 0 Å². The van der Waals surface area contributed by atoms with E-state index in [1.54, 1.807) is 6.20 Å². The van der Waals surface area contributed by atoms with Gasteiger partial charge in [0.15, 0.2) is 0 Å². The lowest BCUT2D eigenvalue weighted by molar-refractivity contribution is 0.358. The predicted octanol–water partition coefficient (Wildman–Crippen LogP) is 0.976. The zero-order valence-corrected chi connectivity index (χ0v) is 7.89. The molecule has 0 aromatic carbocycles. The number of aromatic nitrogens is 5. The van der Waals surface area contributed by atoms with E-state index in [9.17, 15) is 0 Å². The van der Waals surface area contributed by atoms with Crippen molar-refractivity contribution in [1.82, 2.24) is 25.0 Å². The van der Waals surface area contributed by atoms with Gasteiger partial charge in [-0.15, -0.1) is 5.10 Å². The van der Waals surface area contributed by atoms with Gasteiger partial charge in [0.25, 0.3) is 0 Å². The van der Waals surface area contributed by atoms with Crippen molar-refractivity contribution in [3.05, 3.63) is 12.5 Å². The van der Waals surface area contributed by atoms with E-state index in [2.05, 4.69) is 41.1 Å². The Labute approximate surface area is 75.8 Å². The maximum absolute atomic E-state index is 4.03. The molecule has 0 saturated heterocycles. The van der Waals surface area contributed by atoms with Gasteiger partial charge in [0.1, 0.15) is 11.8 Å². The molecule has 5 nitrogen and oxygen atoms in total. The molecule has 13 heavy (non-hydrogen) atoms. The molecule has 68 valence electrons. The van der Waals surface area contributed by atoms with Crippen molar-refractivity contribution in [3.63, 3.8) is 0 Å². The van der Waals surface area contributed by atoms with Gasteiger partial charge in [-0.25, -0.2) is 14.6 Å². The summed E-state index contributed by atoms with van der Waals surface area (Å²) in [7, 11) is 0. The summed E-state index contributed by atoms with van der Waals surface area (Å²) < 4.78 is 1.82. The second-order valence-electron chi connectivity index (χ2n) is 3.90. The Balaban J connectivity index is 2.72. The van der Waals surface area contributed by atoms with Crippen LogP contribution < -0.4 is 0 Å². The Hall–Kier alpha value is -1.52. The summed E-state index contributed by atoms with van der Waals surface area (Å²) in [6, 6.07) is 0. The number of hydrogen-bond donors (Lipinski definition) is 0. The standard InChI is InChI=1S/C8H11N5/c1-8(2,3)13-6-4-9-5-10-7(6)11-12-13/h4-5H,1-3H3. The van der Waals surface area contributed by atoms with Crippen molar-refractivity contribution >= 4 is 11.2 Å². The molecule has 0 aliphatic rings. The molecule has 2 heterocycles. The van der Waals surface area contributed by atoms with Gasteiger partial charge in [0.05, 0.1) is 11.7 Å². The van der Waals surface area contributed by atoms with Crippen molar-refractivity contribution in [2.75, 3.05) is 0 Å². The second kappa shape index (κ2) is 2.48. The minimum Gasteiger partial charge on any atom is -0.242 e. The van der Waals surface area contributed by atoms with E-state index in [1.165, 1.54) is 6.33 Å². The minimum absolute atomic E-state index is 0.0839. The predicted molar refractivity (Wildman–Crippen MR) is 48.1 cm³/mol. The van der Waals surface area contributed by atoms with Crippen LogP contribution in [0.2, 0.25) is 0 Å². The van der Waals surface area contributed by atoms with Gasteiger partial charge in [0.2, 0.25) is 5.65 Å². The van der Waals surface area contributed by atoms with Gasteiger partial charge in [-0.05, 0) is 20.8 Å². The SMILES string of the molecule is CC(C)(C)n1nnc2ncncc21. The highest BCUT2D eigenvalue weighted by atomic mass is 15.5. The van der Waals surface area contributed by atoms with Gasteiger partial charge in [-0.2, -0.15) is 0 Å². The van der Waals surface area contributed by atoms with Crippen LogP contribution >= 0.6 is 0 Å². The molecular weight excluding hydrogens is 166 g/mol. The first-order chi connectivity index (χ1) is 6.09. The zero-order chi connectivity index (χ0) is 9.47. The summed E-state index contributed by atoms with van der Waals surface area (Å²) in [6.45, 7) is 6.19. The third-order valence-electron chi connectivity index (χ3n) is 1.77. The summed E-state index contributed by atoms with van der Waals surface area (Å²) in [5.74, 6) is 0. The number of hydrogen-bond acceptors (Lipinski definition) is 4. The van der Waals surface area contributed by atoms with E-state index in [0.29, 0.717) is 5.65 Å². The molecule has 0 aliphatic carbocycles. The Morgan fingerprint density at radius 2 is 2.08 bits per heavy atom. The molecule has 0 amide bonds. The Bertz CT molecular complexity index is 425. The number of nitrogens with zero attached hydrogens (tertiary/aromatic N) is 5. The fourth-order valence-electron chi connectivity index (χ4n) is 1.17. The molecule has 2 aromatic heterocycles. The fourth-order valence-corrected chi connectivity index (χ4v) is 1.17. The van der Waals surface area contributed by atoms with E-state index < -0.39 is 0 Å². The molecule has 0 saturated carbocycles. The van der Waals surface area contributed by atoms with Crippen LogP contribution in [0, 0.1) is 0 Å². The minimum atomic E-state index is -0.0839. The number of rotatable bonds is 0. The van der Waals surface area contributed by atoms with Crippen molar-refractivity contribution in [1.29, 1.82) is 0 Å². The van der Waals surface area contributed by atoms with Crippen LogP contribution in [0.3, 0.4) is 0 Å². The highest BCUT2D eigenvalue weighted by Gasteiger charge is 2.17. The highest BCUT2D eigenvalue weighted by molar-refractivity contribution is 5.67. The molecule has 0 radical (unpaired) electrons. The molecule has 2 rings (SSSR count). The lowest BCUT2D eigenvalue weighted by atomic mass is 10.1. The molecular formula is C8H11N5. The zero-order valence-electron chi connectivity index (χ0n) is 7.89. The van der Waals surface area contributed by atoms with Gasteiger partial charge in [-0.3, -0.25) is 0 Å². The van der Waals surface area contributed by atoms with Gasteiger partial charge < -0.3 is 0 Å². The van der Waals surface area contributed by atoms with Crippen LogP contribution in [0.15, 0.2) is 12.5 Å². The first-order valence-electron chi connectivity index (χ1n) is 4.11. The van der Waals surface area contributed by atoms with E-state index >= 15 is 0 Å². The molecule has 5 heteroatoms. The smallest absolute Gasteiger partial charge is 0.204 e. The van der Waals surface area contributed by atoms with Crippen LogP contribution in [-0.2, 0) is 5.54 Å². The molecule has 0 atom stereocenters. The van der Waals surface area contributed by atoms with Gasteiger partial charge in [0, 0.05) is 0 Å². The molecule has 0 bridgehead atoms. The quantitative estimate of drug-likeness (QED) is 0.601. The van der Waals surface area contributed by atoms with Crippen LogP contribution in [-0.4, -0.2) is 25.0 Å².